The Kier molecular flexibility index (Phi) is 3.49. The summed E-state index contributed by atoms with van der Waals surface area (Å²) in [5.41, 5.74) is 2.02. The Bertz CT molecular complexity index is 771. The van der Waals surface area contributed by atoms with Gasteiger partial charge >= 0.3 is 7.12 Å². The number of hydrogen-bond acceptors (Lipinski definition) is 2. The van der Waals surface area contributed by atoms with Crippen molar-refractivity contribution >= 4 is 35.0 Å². The summed E-state index contributed by atoms with van der Waals surface area (Å²) in [6, 6.07) is 18.9. The summed E-state index contributed by atoms with van der Waals surface area (Å²) in [5, 5.41) is 21.7. The number of hydrogen-bond donors (Lipinski definition) is 2. The van der Waals surface area contributed by atoms with Crippen LogP contribution in [0.3, 0.4) is 0 Å². The van der Waals surface area contributed by atoms with Crippen LogP contribution in [0.15, 0.2) is 60.7 Å². The molecule has 3 aromatic carbocycles. The lowest BCUT2D eigenvalue weighted by molar-refractivity contribution is 0.426. The molecule has 0 aliphatic heterocycles. The quantitative estimate of drug-likeness (QED) is 0.710. The molecule has 3 rings (SSSR count). The molecule has 0 fully saturated rings. The minimum absolute atomic E-state index is 0.450. The first-order valence-corrected chi connectivity index (χ1v) is 6.69. The van der Waals surface area contributed by atoms with E-state index < -0.39 is 7.12 Å². The van der Waals surface area contributed by atoms with Gasteiger partial charge in [0.1, 0.15) is 0 Å². The van der Waals surface area contributed by atoms with Gasteiger partial charge < -0.3 is 10.0 Å². The Morgan fingerprint density at radius 1 is 0.800 bits per heavy atom. The van der Waals surface area contributed by atoms with E-state index in [1.807, 2.05) is 48.5 Å². The zero-order chi connectivity index (χ0) is 14.1. The van der Waals surface area contributed by atoms with Gasteiger partial charge in [0.05, 0.1) is 0 Å². The van der Waals surface area contributed by atoms with Crippen LogP contribution in [-0.4, -0.2) is 17.2 Å². The molecule has 0 bridgehead atoms. The highest BCUT2D eigenvalue weighted by atomic mass is 35.5. The Labute approximate surface area is 122 Å². The summed E-state index contributed by atoms with van der Waals surface area (Å²) < 4.78 is 0. The highest BCUT2D eigenvalue weighted by Crippen LogP contribution is 2.34. The van der Waals surface area contributed by atoms with Crippen LogP contribution < -0.4 is 5.46 Å². The van der Waals surface area contributed by atoms with Crippen LogP contribution in [0.4, 0.5) is 0 Å². The van der Waals surface area contributed by atoms with Crippen molar-refractivity contribution in [2.75, 3.05) is 0 Å². The first kappa shape index (κ1) is 13.2. The van der Waals surface area contributed by atoms with Crippen LogP contribution in [0.2, 0.25) is 5.02 Å². The molecular formula is C16H12BClO2. The Balaban J connectivity index is 2.38. The molecule has 0 atom stereocenters. The number of halogens is 1. The van der Waals surface area contributed by atoms with E-state index in [1.54, 1.807) is 12.1 Å². The minimum atomic E-state index is -1.53. The van der Waals surface area contributed by atoms with Crippen molar-refractivity contribution in [3.63, 3.8) is 0 Å². The van der Waals surface area contributed by atoms with Gasteiger partial charge in [-0.3, -0.25) is 0 Å². The van der Waals surface area contributed by atoms with Crippen molar-refractivity contribution in [3.05, 3.63) is 65.7 Å². The molecule has 0 aliphatic carbocycles. The maximum absolute atomic E-state index is 9.54. The molecule has 0 saturated carbocycles. The monoisotopic (exact) mass is 282 g/mol. The summed E-state index contributed by atoms with van der Waals surface area (Å²) in [7, 11) is -1.53. The summed E-state index contributed by atoms with van der Waals surface area (Å²) in [5.74, 6) is 0. The standard InChI is InChI=1S/C16H12BClO2/c18-15-10-9-11-5-1-2-6-12(11)16(15)13-7-3-4-8-14(13)17(19)20/h1-10,19-20H. The lowest BCUT2D eigenvalue weighted by Gasteiger charge is -2.13. The van der Waals surface area contributed by atoms with E-state index in [9.17, 15) is 10.0 Å². The average molecular weight is 283 g/mol. The second-order valence-electron chi connectivity index (χ2n) is 4.60. The fourth-order valence-electron chi connectivity index (χ4n) is 2.47. The molecule has 0 unspecified atom stereocenters. The van der Waals surface area contributed by atoms with E-state index in [0.29, 0.717) is 10.5 Å². The number of rotatable bonds is 2. The Morgan fingerprint density at radius 2 is 1.50 bits per heavy atom. The Hall–Kier alpha value is -1.81. The molecule has 0 amide bonds. The zero-order valence-electron chi connectivity index (χ0n) is 10.6. The van der Waals surface area contributed by atoms with Crippen LogP contribution in [0.25, 0.3) is 21.9 Å². The van der Waals surface area contributed by atoms with E-state index in [1.165, 1.54) is 0 Å². The van der Waals surface area contributed by atoms with Crippen LogP contribution in [0.1, 0.15) is 0 Å². The fourth-order valence-corrected chi connectivity index (χ4v) is 2.74. The molecule has 0 heterocycles. The van der Waals surface area contributed by atoms with Gasteiger partial charge in [0.2, 0.25) is 0 Å². The van der Waals surface area contributed by atoms with Gasteiger partial charge in [0.25, 0.3) is 0 Å². The molecule has 4 heteroatoms. The molecule has 0 radical (unpaired) electrons. The van der Waals surface area contributed by atoms with Crippen LogP contribution >= 0.6 is 11.6 Å². The fraction of sp³-hybridized carbons (Fsp3) is 0. The van der Waals surface area contributed by atoms with Gasteiger partial charge in [-0.15, -0.1) is 0 Å². The number of benzene rings is 3. The van der Waals surface area contributed by atoms with E-state index >= 15 is 0 Å². The van der Waals surface area contributed by atoms with E-state index in [4.69, 9.17) is 11.6 Å². The van der Waals surface area contributed by atoms with Gasteiger partial charge in [-0.05, 0) is 27.9 Å². The molecule has 0 saturated heterocycles. The predicted octanol–water partition coefficient (Wildman–Crippen LogP) is 2.84. The van der Waals surface area contributed by atoms with Crippen molar-refractivity contribution in [3.8, 4) is 11.1 Å². The average Bonchev–Trinajstić information content (AvgIpc) is 2.47. The molecule has 0 spiro atoms. The molecule has 0 aliphatic rings. The SMILES string of the molecule is OB(O)c1ccccc1-c1c(Cl)ccc2ccccc12. The van der Waals surface area contributed by atoms with E-state index in [0.717, 1.165) is 21.9 Å². The molecule has 2 N–H and O–H groups in total. The Morgan fingerprint density at radius 3 is 2.30 bits per heavy atom. The predicted molar refractivity (Wildman–Crippen MR) is 84.2 cm³/mol. The smallest absolute Gasteiger partial charge is 0.423 e. The molecule has 3 aromatic rings. The van der Waals surface area contributed by atoms with Crippen molar-refractivity contribution in [1.29, 1.82) is 0 Å². The molecule has 20 heavy (non-hydrogen) atoms. The molecule has 0 aromatic heterocycles. The highest BCUT2D eigenvalue weighted by molar-refractivity contribution is 6.60. The van der Waals surface area contributed by atoms with Crippen molar-refractivity contribution in [1.82, 2.24) is 0 Å². The first-order valence-electron chi connectivity index (χ1n) is 6.31. The maximum atomic E-state index is 9.54. The van der Waals surface area contributed by atoms with Crippen LogP contribution in [0.5, 0.6) is 0 Å². The molecule has 98 valence electrons. The van der Waals surface area contributed by atoms with Crippen molar-refractivity contribution in [2.45, 2.75) is 0 Å². The normalized spacial score (nSPS) is 10.8. The first-order chi connectivity index (χ1) is 9.68. The van der Waals surface area contributed by atoms with E-state index in [2.05, 4.69) is 0 Å². The zero-order valence-corrected chi connectivity index (χ0v) is 11.4. The highest BCUT2D eigenvalue weighted by Gasteiger charge is 2.19. The number of fused-ring (bicyclic) bond motifs is 1. The lowest BCUT2D eigenvalue weighted by Crippen LogP contribution is -2.31. The van der Waals surface area contributed by atoms with Crippen molar-refractivity contribution < 1.29 is 10.0 Å². The summed E-state index contributed by atoms with van der Waals surface area (Å²) >= 11 is 6.35. The van der Waals surface area contributed by atoms with Gasteiger partial charge in [-0.1, -0.05) is 66.2 Å². The summed E-state index contributed by atoms with van der Waals surface area (Å²) in [6.45, 7) is 0. The largest absolute Gasteiger partial charge is 0.489 e. The molecular weight excluding hydrogens is 270 g/mol. The van der Waals surface area contributed by atoms with Gasteiger partial charge in [-0.25, -0.2) is 0 Å². The third-order valence-corrected chi connectivity index (χ3v) is 3.70. The van der Waals surface area contributed by atoms with Crippen LogP contribution in [-0.2, 0) is 0 Å². The van der Waals surface area contributed by atoms with Gasteiger partial charge in [0.15, 0.2) is 0 Å². The van der Waals surface area contributed by atoms with Crippen LogP contribution in [0, 0.1) is 0 Å². The third-order valence-electron chi connectivity index (χ3n) is 3.39. The second-order valence-corrected chi connectivity index (χ2v) is 5.01. The second kappa shape index (κ2) is 5.29. The third kappa shape index (κ3) is 2.20. The van der Waals surface area contributed by atoms with Gasteiger partial charge in [-0.2, -0.15) is 0 Å². The minimum Gasteiger partial charge on any atom is -0.423 e. The molecule has 2 nitrogen and oxygen atoms in total. The maximum Gasteiger partial charge on any atom is 0.489 e. The summed E-state index contributed by atoms with van der Waals surface area (Å²) in [6.07, 6.45) is 0. The van der Waals surface area contributed by atoms with E-state index in [-0.39, 0.29) is 0 Å². The van der Waals surface area contributed by atoms with Crippen molar-refractivity contribution in [2.24, 2.45) is 0 Å². The topological polar surface area (TPSA) is 40.5 Å². The van der Waals surface area contributed by atoms with Gasteiger partial charge in [0, 0.05) is 10.6 Å². The lowest BCUT2D eigenvalue weighted by atomic mass is 9.75. The summed E-state index contributed by atoms with van der Waals surface area (Å²) in [4.78, 5) is 0.